The lowest BCUT2D eigenvalue weighted by Gasteiger charge is -2.09. The monoisotopic (exact) mass is 251 g/mol. The Balaban J connectivity index is 2.31. The predicted molar refractivity (Wildman–Crippen MR) is 65.5 cm³/mol. The Morgan fingerprint density at radius 2 is 2.00 bits per heavy atom. The standard InChI is InChI=1S/C10H10ClN5O/c1-17-7-5-3-2-4-6(7)13-10-15-8(11)14-9(12)16-10/h2-5H,1H3,(H3,12,13,14,15,16). The van der Waals surface area contributed by atoms with Crippen LogP contribution in [0.5, 0.6) is 5.75 Å². The molecule has 6 nitrogen and oxygen atoms in total. The summed E-state index contributed by atoms with van der Waals surface area (Å²) in [5.41, 5.74) is 6.18. The fourth-order valence-corrected chi connectivity index (χ4v) is 1.46. The number of nitrogens with two attached hydrogens (primary N) is 1. The molecule has 0 saturated heterocycles. The molecule has 88 valence electrons. The zero-order valence-corrected chi connectivity index (χ0v) is 9.77. The highest BCUT2D eigenvalue weighted by atomic mass is 35.5. The molecule has 1 aromatic heterocycles. The molecule has 0 atom stereocenters. The third-order valence-corrected chi connectivity index (χ3v) is 2.15. The average Bonchev–Trinajstić information content (AvgIpc) is 2.28. The van der Waals surface area contributed by atoms with E-state index < -0.39 is 0 Å². The van der Waals surface area contributed by atoms with Crippen LogP contribution >= 0.6 is 11.6 Å². The fraction of sp³-hybridized carbons (Fsp3) is 0.100. The van der Waals surface area contributed by atoms with Crippen molar-refractivity contribution in [2.75, 3.05) is 18.2 Å². The summed E-state index contributed by atoms with van der Waals surface area (Å²) in [7, 11) is 1.58. The highest BCUT2D eigenvalue weighted by molar-refractivity contribution is 6.28. The van der Waals surface area contributed by atoms with E-state index in [1.165, 1.54) is 0 Å². The molecule has 3 N–H and O–H groups in total. The summed E-state index contributed by atoms with van der Waals surface area (Å²) in [5.74, 6) is 0.997. The zero-order valence-electron chi connectivity index (χ0n) is 9.01. The minimum Gasteiger partial charge on any atom is -0.495 e. The SMILES string of the molecule is COc1ccccc1Nc1nc(N)nc(Cl)n1. The van der Waals surface area contributed by atoms with Gasteiger partial charge < -0.3 is 15.8 Å². The summed E-state index contributed by atoms with van der Waals surface area (Å²) in [6, 6.07) is 7.36. The Morgan fingerprint density at radius 3 is 2.71 bits per heavy atom. The second kappa shape index (κ2) is 4.84. The normalized spacial score (nSPS) is 10.0. The zero-order chi connectivity index (χ0) is 12.3. The predicted octanol–water partition coefficient (Wildman–Crippen LogP) is 1.86. The second-order valence-corrected chi connectivity index (χ2v) is 3.45. The molecule has 0 aliphatic rings. The van der Waals surface area contributed by atoms with E-state index in [1.54, 1.807) is 7.11 Å². The number of nitrogens with one attached hydrogen (secondary N) is 1. The summed E-state index contributed by atoms with van der Waals surface area (Å²) in [6.07, 6.45) is 0. The highest BCUT2D eigenvalue weighted by Gasteiger charge is 2.06. The average molecular weight is 252 g/mol. The number of benzene rings is 1. The van der Waals surface area contributed by atoms with Crippen molar-refractivity contribution in [2.24, 2.45) is 0 Å². The number of rotatable bonds is 3. The van der Waals surface area contributed by atoms with Gasteiger partial charge >= 0.3 is 0 Å². The molecule has 0 spiro atoms. The Hall–Kier alpha value is -2.08. The number of anilines is 3. The summed E-state index contributed by atoms with van der Waals surface area (Å²) in [4.78, 5) is 11.5. The van der Waals surface area contributed by atoms with Crippen molar-refractivity contribution in [3.05, 3.63) is 29.5 Å². The van der Waals surface area contributed by atoms with Crippen molar-refractivity contribution in [1.82, 2.24) is 15.0 Å². The molecule has 1 heterocycles. The molecule has 0 saturated carbocycles. The topological polar surface area (TPSA) is 86.0 Å². The Labute approximate surface area is 103 Å². The van der Waals surface area contributed by atoms with E-state index in [2.05, 4.69) is 20.3 Å². The first-order chi connectivity index (χ1) is 8.19. The van der Waals surface area contributed by atoms with Gasteiger partial charge in [-0.2, -0.15) is 15.0 Å². The molecule has 0 amide bonds. The number of ether oxygens (including phenoxy) is 1. The molecule has 1 aromatic carbocycles. The number of halogens is 1. The summed E-state index contributed by atoms with van der Waals surface area (Å²) in [6.45, 7) is 0. The van der Waals surface area contributed by atoms with Crippen molar-refractivity contribution < 1.29 is 4.74 Å². The fourth-order valence-electron chi connectivity index (χ4n) is 1.29. The van der Waals surface area contributed by atoms with Crippen LogP contribution in [0, 0.1) is 0 Å². The van der Waals surface area contributed by atoms with Gasteiger partial charge in [0, 0.05) is 0 Å². The molecule has 0 aliphatic heterocycles. The first-order valence-electron chi connectivity index (χ1n) is 4.76. The molecule has 2 rings (SSSR count). The van der Waals surface area contributed by atoms with Crippen LogP contribution in [0.15, 0.2) is 24.3 Å². The largest absolute Gasteiger partial charge is 0.495 e. The first-order valence-corrected chi connectivity index (χ1v) is 5.14. The summed E-state index contributed by atoms with van der Waals surface area (Å²) in [5, 5.41) is 2.99. The van der Waals surface area contributed by atoms with E-state index in [-0.39, 0.29) is 17.2 Å². The third kappa shape index (κ3) is 2.73. The molecular formula is C10H10ClN5O. The van der Waals surface area contributed by atoms with Gasteiger partial charge in [-0.05, 0) is 23.7 Å². The molecule has 2 aromatic rings. The summed E-state index contributed by atoms with van der Waals surface area (Å²) < 4.78 is 5.18. The van der Waals surface area contributed by atoms with Crippen molar-refractivity contribution in [3.63, 3.8) is 0 Å². The molecule has 17 heavy (non-hydrogen) atoms. The van der Waals surface area contributed by atoms with E-state index in [0.717, 1.165) is 5.69 Å². The third-order valence-electron chi connectivity index (χ3n) is 1.98. The lowest BCUT2D eigenvalue weighted by atomic mass is 10.3. The smallest absolute Gasteiger partial charge is 0.233 e. The van der Waals surface area contributed by atoms with Crippen molar-refractivity contribution in [2.45, 2.75) is 0 Å². The van der Waals surface area contributed by atoms with Gasteiger partial charge in [-0.15, -0.1) is 0 Å². The summed E-state index contributed by atoms with van der Waals surface area (Å²) >= 11 is 5.68. The number of nitrogen functional groups attached to an aromatic ring is 1. The van der Waals surface area contributed by atoms with Crippen LogP contribution in [0.3, 0.4) is 0 Å². The first kappa shape index (κ1) is 11.4. The number of para-hydroxylation sites is 2. The lowest BCUT2D eigenvalue weighted by molar-refractivity contribution is 0.417. The van der Waals surface area contributed by atoms with E-state index >= 15 is 0 Å². The quantitative estimate of drug-likeness (QED) is 0.866. The van der Waals surface area contributed by atoms with E-state index in [9.17, 15) is 0 Å². The van der Waals surface area contributed by atoms with Gasteiger partial charge in [0.15, 0.2) is 0 Å². The Bertz CT molecular complexity index is 514. The van der Waals surface area contributed by atoms with Gasteiger partial charge in [-0.3, -0.25) is 0 Å². The maximum atomic E-state index is 5.68. The van der Waals surface area contributed by atoms with Crippen molar-refractivity contribution >= 4 is 29.2 Å². The molecule has 0 fully saturated rings. The van der Waals surface area contributed by atoms with Crippen LogP contribution in [0.4, 0.5) is 17.6 Å². The van der Waals surface area contributed by atoms with Gasteiger partial charge in [0.2, 0.25) is 17.2 Å². The molecule has 0 unspecified atom stereocenters. The van der Waals surface area contributed by atoms with Crippen LogP contribution in [0.1, 0.15) is 0 Å². The van der Waals surface area contributed by atoms with Crippen molar-refractivity contribution in [3.8, 4) is 5.75 Å². The minimum absolute atomic E-state index is 0.0369. The molecule has 7 heteroatoms. The molecule has 0 bridgehead atoms. The maximum absolute atomic E-state index is 5.68. The number of methoxy groups -OCH3 is 1. The van der Waals surface area contributed by atoms with E-state index in [0.29, 0.717) is 5.75 Å². The highest BCUT2D eigenvalue weighted by Crippen LogP contribution is 2.25. The number of hydrogen-bond donors (Lipinski definition) is 2. The Morgan fingerprint density at radius 1 is 1.24 bits per heavy atom. The van der Waals surface area contributed by atoms with Gasteiger partial charge in [-0.25, -0.2) is 0 Å². The van der Waals surface area contributed by atoms with E-state index in [1.807, 2.05) is 24.3 Å². The van der Waals surface area contributed by atoms with Crippen LogP contribution in [0.25, 0.3) is 0 Å². The number of aromatic nitrogens is 3. The van der Waals surface area contributed by atoms with Gasteiger partial charge in [0.25, 0.3) is 0 Å². The van der Waals surface area contributed by atoms with Crippen LogP contribution in [0.2, 0.25) is 5.28 Å². The maximum Gasteiger partial charge on any atom is 0.233 e. The van der Waals surface area contributed by atoms with Crippen LogP contribution in [-0.4, -0.2) is 22.1 Å². The molecular weight excluding hydrogens is 242 g/mol. The Kier molecular flexibility index (Phi) is 3.24. The minimum atomic E-state index is 0.0369. The molecule has 0 radical (unpaired) electrons. The van der Waals surface area contributed by atoms with Crippen LogP contribution < -0.4 is 15.8 Å². The van der Waals surface area contributed by atoms with E-state index in [4.69, 9.17) is 22.1 Å². The number of hydrogen-bond acceptors (Lipinski definition) is 6. The van der Waals surface area contributed by atoms with Gasteiger partial charge in [0.1, 0.15) is 5.75 Å². The molecule has 0 aliphatic carbocycles. The van der Waals surface area contributed by atoms with Crippen LogP contribution in [-0.2, 0) is 0 Å². The van der Waals surface area contributed by atoms with Crippen molar-refractivity contribution in [1.29, 1.82) is 0 Å². The lowest BCUT2D eigenvalue weighted by Crippen LogP contribution is -2.04. The van der Waals surface area contributed by atoms with Gasteiger partial charge in [0.05, 0.1) is 12.8 Å². The second-order valence-electron chi connectivity index (χ2n) is 3.11. The number of nitrogens with zero attached hydrogens (tertiary/aromatic N) is 3. The van der Waals surface area contributed by atoms with Gasteiger partial charge in [-0.1, -0.05) is 12.1 Å².